The van der Waals surface area contributed by atoms with Crippen LogP contribution in [0.2, 0.25) is 0 Å². The molecule has 0 aromatic heterocycles. The summed E-state index contributed by atoms with van der Waals surface area (Å²) in [5.41, 5.74) is 7.07. The lowest BCUT2D eigenvalue weighted by Gasteiger charge is -2.32. The number of halogens is 1. The molecule has 1 aromatic carbocycles. The van der Waals surface area contributed by atoms with E-state index in [0.717, 1.165) is 22.9 Å². The van der Waals surface area contributed by atoms with Crippen molar-refractivity contribution in [3.63, 3.8) is 0 Å². The van der Waals surface area contributed by atoms with E-state index in [4.69, 9.17) is 5.73 Å². The number of nitrogens with zero attached hydrogens (tertiary/aromatic N) is 1. The van der Waals surface area contributed by atoms with Crippen LogP contribution in [0.4, 0.5) is 0 Å². The normalized spacial score (nSPS) is 16.9. The Kier molecular flexibility index (Phi) is 4.55. The number of nitrogens with two attached hydrogens (primary N) is 1. The molecule has 3 nitrogen and oxygen atoms in total. The Hall–Kier alpha value is -0.870. The fraction of sp³-hybridized carbons (Fsp3) is 0.562. The second-order valence-corrected chi connectivity index (χ2v) is 7.49. The number of carbonyl (C=O) groups is 1. The zero-order chi connectivity index (χ0) is 14.9. The van der Waals surface area contributed by atoms with E-state index < -0.39 is 6.04 Å². The van der Waals surface area contributed by atoms with Crippen LogP contribution < -0.4 is 5.73 Å². The molecule has 110 valence electrons. The van der Waals surface area contributed by atoms with E-state index in [1.54, 1.807) is 0 Å². The molecular weight excluding hydrogens is 316 g/mol. The zero-order valence-electron chi connectivity index (χ0n) is 12.4. The predicted molar refractivity (Wildman–Crippen MR) is 85.1 cm³/mol. The van der Waals surface area contributed by atoms with Crippen LogP contribution in [0.25, 0.3) is 0 Å². The van der Waals surface area contributed by atoms with Crippen LogP contribution in [0.5, 0.6) is 0 Å². The molecule has 2 rings (SSSR count). The highest BCUT2D eigenvalue weighted by Crippen LogP contribution is 2.32. The number of amides is 1. The topological polar surface area (TPSA) is 46.3 Å². The van der Waals surface area contributed by atoms with Crippen molar-refractivity contribution >= 4 is 21.8 Å². The van der Waals surface area contributed by atoms with Gasteiger partial charge in [-0.1, -0.05) is 54.9 Å². The van der Waals surface area contributed by atoms with E-state index in [1.165, 1.54) is 0 Å². The van der Waals surface area contributed by atoms with Crippen molar-refractivity contribution in [2.24, 2.45) is 11.1 Å². The van der Waals surface area contributed by atoms with Gasteiger partial charge in [-0.15, -0.1) is 0 Å². The van der Waals surface area contributed by atoms with Crippen molar-refractivity contribution in [2.45, 2.75) is 52.2 Å². The summed E-state index contributed by atoms with van der Waals surface area (Å²) in [7, 11) is 0. The Labute approximate surface area is 129 Å². The first kappa shape index (κ1) is 15.5. The van der Waals surface area contributed by atoms with E-state index in [0.29, 0.717) is 12.6 Å². The monoisotopic (exact) mass is 338 g/mol. The number of hydrogen-bond donors (Lipinski definition) is 1. The Balaban J connectivity index is 2.16. The van der Waals surface area contributed by atoms with E-state index in [-0.39, 0.29) is 11.3 Å². The summed E-state index contributed by atoms with van der Waals surface area (Å²) in [5.74, 6) is 0.0655. The molecule has 20 heavy (non-hydrogen) atoms. The molecule has 0 spiro atoms. The standard InChI is InChI=1S/C16H23BrN2O/c1-16(2,3)14(18)15(20)19(12-8-9-12)10-11-6-4-5-7-13(11)17/h4-7,12,14H,8-10,18H2,1-3H3/t14-/m1/s1. The van der Waals surface area contributed by atoms with Crippen molar-refractivity contribution in [3.8, 4) is 0 Å². The van der Waals surface area contributed by atoms with Gasteiger partial charge >= 0.3 is 0 Å². The Morgan fingerprint density at radius 2 is 2.00 bits per heavy atom. The quantitative estimate of drug-likeness (QED) is 0.915. The highest BCUT2D eigenvalue weighted by molar-refractivity contribution is 9.10. The van der Waals surface area contributed by atoms with Crippen LogP contribution in [0.3, 0.4) is 0 Å². The van der Waals surface area contributed by atoms with Gasteiger partial charge in [0.15, 0.2) is 0 Å². The lowest BCUT2D eigenvalue weighted by molar-refractivity contribution is -0.136. The van der Waals surface area contributed by atoms with E-state index >= 15 is 0 Å². The summed E-state index contributed by atoms with van der Waals surface area (Å²) < 4.78 is 1.04. The van der Waals surface area contributed by atoms with E-state index in [1.807, 2.05) is 43.9 Å². The second kappa shape index (κ2) is 5.86. The molecule has 0 unspecified atom stereocenters. The van der Waals surface area contributed by atoms with E-state index in [2.05, 4.69) is 22.0 Å². The smallest absolute Gasteiger partial charge is 0.240 e. The summed E-state index contributed by atoms with van der Waals surface area (Å²) in [6, 6.07) is 7.95. The van der Waals surface area contributed by atoms with Gasteiger partial charge in [-0.05, 0) is 29.9 Å². The maximum Gasteiger partial charge on any atom is 0.240 e. The first-order chi connectivity index (χ1) is 9.30. The molecule has 1 aliphatic carbocycles. The number of hydrogen-bond acceptors (Lipinski definition) is 2. The van der Waals surface area contributed by atoms with Gasteiger partial charge < -0.3 is 10.6 Å². The average Bonchev–Trinajstić information content (AvgIpc) is 3.19. The van der Waals surface area contributed by atoms with Gasteiger partial charge in [0.2, 0.25) is 5.91 Å². The molecule has 1 saturated carbocycles. The summed E-state index contributed by atoms with van der Waals surface area (Å²) in [5, 5.41) is 0. The molecule has 0 bridgehead atoms. The fourth-order valence-corrected chi connectivity index (χ4v) is 2.54. The van der Waals surface area contributed by atoms with Gasteiger partial charge in [-0.3, -0.25) is 4.79 Å². The highest BCUT2D eigenvalue weighted by atomic mass is 79.9. The van der Waals surface area contributed by atoms with Crippen LogP contribution in [-0.2, 0) is 11.3 Å². The van der Waals surface area contributed by atoms with Crippen LogP contribution in [-0.4, -0.2) is 22.9 Å². The molecule has 1 amide bonds. The summed E-state index contributed by atoms with van der Waals surface area (Å²) in [6.45, 7) is 6.67. The van der Waals surface area contributed by atoms with Gasteiger partial charge in [0.25, 0.3) is 0 Å². The molecule has 2 N–H and O–H groups in total. The average molecular weight is 339 g/mol. The van der Waals surface area contributed by atoms with Crippen LogP contribution in [0.1, 0.15) is 39.2 Å². The van der Waals surface area contributed by atoms with Crippen molar-refractivity contribution in [1.29, 1.82) is 0 Å². The van der Waals surface area contributed by atoms with Crippen molar-refractivity contribution in [2.75, 3.05) is 0 Å². The minimum Gasteiger partial charge on any atom is -0.334 e. The van der Waals surface area contributed by atoms with Crippen LogP contribution >= 0.6 is 15.9 Å². The number of benzene rings is 1. The molecule has 0 saturated heterocycles. The molecule has 0 heterocycles. The second-order valence-electron chi connectivity index (χ2n) is 6.63. The van der Waals surface area contributed by atoms with Crippen LogP contribution in [0, 0.1) is 5.41 Å². The maximum atomic E-state index is 12.7. The largest absolute Gasteiger partial charge is 0.334 e. The van der Waals surface area contributed by atoms with Crippen molar-refractivity contribution in [3.05, 3.63) is 34.3 Å². The summed E-state index contributed by atoms with van der Waals surface area (Å²) >= 11 is 3.55. The molecule has 1 atom stereocenters. The third kappa shape index (κ3) is 3.61. The van der Waals surface area contributed by atoms with Gasteiger partial charge in [-0.2, -0.15) is 0 Å². The highest BCUT2D eigenvalue weighted by Gasteiger charge is 2.38. The van der Waals surface area contributed by atoms with Crippen LogP contribution in [0.15, 0.2) is 28.7 Å². The Bertz CT molecular complexity index is 491. The summed E-state index contributed by atoms with van der Waals surface area (Å²) in [6.07, 6.45) is 2.18. The molecule has 0 radical (unpaired) electrons. The lowest BCUT2D eigenvalue weighted by atomic mass is 9.86. The third-order valence-electron chi connectivity index (χ3n) is 3.77. The van der Waals surface area contributed by atoms with Gasteiger partial charge in [0, 0.05) is 17.1 Å². The third-order valence-corrected chi connectivity index (χ3v) is 4.54. The van der Waals surface area contributed by atoms with Crippen molar-refractivity contribution in [1.82, 2.24) is 4.90 Å². The van der Waals surface area contributed by atoms with Gasteiger partial charge in [0.1, 0.15) is 0 Å². The molecule has 1 aliphatic rings. The Morgan fingerprint density at radius 3 is 2.50 bits per heavy atom. The van der Waals surface area contributed by atoms with Gasteiger partial charge in [0.05, 0.1) is 6.04 Å². The number of carbonyl (C=O) groups excluding carboxylic acids is 1. The molecule has 1 aromatic rings. The Morgan fingerprint density at radius 1 is 1.40 bits per heavy atom. The van der Waals surface area contributed by atoms with Crippen molar-refractivity contribution < 1.29 is 4.79 Å². The SMILES string of the molecule is CC(C)(C)[C@H](N)C(=O)N(Cc1ccccc1Br)C1CC1. The maximum absolute atomic E-state index is 12.7. The molecule has 4 heteroatoms. The summed E-state index contributed by atoms with van der Waals surface area (Å²) in [4.78, 5) is 14.6. The minimum atomic E-state index is -0.453. The van der Waals surface area contributed by atoms with E-state index in [9.17, 15) is 4.79 Å². The predicted octanol–water partition coefficient (Wildman–Crippen LogP) is 3.31. The van der Waals surface area contributed by atoms with Gasteiger partial charge in [-0.25, -0.2) is 0 Å². The zero-order valence-corrected chi connectivity index (χ0v) is 14.0. The molecular formula is C16H23BrN2O. The fourth-order valence-electron chi connectivity index (χ4n) is 2.13. The number of rotatable bonds is 4. The molecule has 0 aliphatic heterocycles. The molecule has 1 fully saturated rings. The first-order valence-electron chi connectivity index (χ1n) is 7.10. The minimum absolute atomic E-state index is 0.0655. The first-order valence-corrected chi connectivity index (χ1v) is 7.89. The lowest BCUT2D eigenvalue weighted by Crippen LogP contribution is -2.50.